The van der Waals surface area contributed by atoms with Gasteiger partial charge in [0.1, 0.15) is 13.3 Å². The first-order valence-electron chi connectivity index (χ1n) is 6.88. The van der Waals surface area contributed by atoms with Gasteiger partial charge in [-0.05, 0) is 6.92 Å². The topological polar surface area (TPSA) is 63.2 Å². The maximum atomic E-state index is 11.7. The minimum absolute atomic E-state index is 0.110. The Hall–Kier alpha value is -1.02. The molecule has 0 aliphatic heterocycles. The summed E-state index contributed by atoms with van der Waals surface area (Å²) in [5, 5.41) is 0. The second kappa shape index (κ2) is 15.4. The van der Waals surface area contributed by atoms with Gasteiger partial charge in [-0.15, -0.1) is 0 Å². The van der Waals surface area contributed by atoms with E-state index < -0.39 is 12.6 Å². The van der Waals surface area contributed by atoms with Gasteiger partial charge in [-0.1, -0.05) is 6.58 Å². The van der Waals surface area contributed by atoms with Gasteiger partial charge in [-0.25, -0.2) is 9.18 Å². The summed E-state index contributed by atoms with van der Waals surface area (Å²) in [6.07, 6.45) is 0. The van der Waals surface area contributed by atoms with Gasteiger partial charge in [0.15, 0.2) is 0 Å². The molecule has 0 aromatic carbocycles. The lowest BCUT2D eigenvalue weighted by molar-refractivity contribution is -0.140. The van der Waals surface area contributed by atoms with Crippen LogP contribution >= 0.6 is 0 Å². The van der Waals surface area contributed by atoms with E-state index in [4.69, 9.17) is 23.7 Å². The van der Waals surface area contributed by atoms with E-state index in [-0.39, 0.29) is 13.2 Å². The molecule has 0 spiro atoms. The molecule has 0 aromatic rings. The maximum absolute atomic E-state index is 11.7. The van der Waals surface area contributed by atoms with Crippen molar-refractivity contribution in [2.75, 3.05) is 66.1 Å². The molecule has 0 aliphatic rings. The summed E-state index contributed by atoms with van der Waals surface area (Å²) in [5.41, 5.74) is 0.369. The average molecular weight is 308 g/mol. The second-order valence-corrected chi connectivity index (χ2v) is 4.05. The van der Waals surface area contributed by atoms with Crippen molar-refractivity contribution in [1.82, 2.24) is 0 Å². The highest BCUT2D eigenvalue weighted by atomic mass is 19.1. The predicted octanol–water partition coefficient (Wildman–Crippen LogP) is 1.14. The zero-order chi connectivity index (χ0) is 15.8. The number of halogens is 1. The molecule has 0 N–H and O–H groups in total. The number of alkyl halides is 1. The largest absolute Gasteiger partial charge is 0.460 e. The van der Waals surface area contributed by atoms with Crippen molar-refractivity contribution in [2.45, 2.75) is 6.92 Å². The molecule has 0 bridgehead atoms. The van der Waals surface area contributed by atoms with E-state index in [1.807, 2.05) is 0 Å². The lowest BCUT2D eigenvalue weighted by Gasteiger charge is -2.07. The van der Waals surface area contributed by atoms with Crippen molar-refractivity contribution in [2.24, 2.45) is 0 Å². The SMILES string of the molecule is C=C(C)C(=O)OCCOCCOCCOCCOCCF. The highest BCUT2D eigenvalue weighted by Crippen LogP contribution is 1.91. The van der Waals surface area contributed by atoms with Crippen LogP contribution in [-0.4, -0.2) is 72.1 Å². The molecule has 0 aliphatic carbocycles. The van der Waals surface area contributed by atoms with Crippen LogP contribution in [0.15, 0.2) is 12.2 Å². The van der Waals surface area contributed by atoms with Gasteiger partial charge in [0.25, 0.3) is 0 Å². The Morgan fingerprint density at radius 3 is 1.57 bits per heavy atom. The molecule has 21 heavy (non-hydrogen) atoms. The molecule has 0 rings (SSSR count). The molecule has 124 valence electrons. The van der Waals surface area contributed by atoms with Crippen molar-refractivity contribution in [3.05, 3.63) is 12.2 Å². The average Bonchev–Trinajstić information content (AvgIpc) is 2.47. The van der Waals surface area contributed by atoms with Crippen LogP contribution in [0.1, 0.15) is 6.92 Å². The molecule has 0 aromatic heterocycles. The first kappa shape index (κ1) is 20.0. The quantitative estimate of drug-likeness (QED) is 0.257. The minimum atomic E-state index is -0.477. The molecular formula is C14H25FO6. The monoisotopic (exact) mass is 308 g/mol. The fourth-order valence-corrected chi connectivity index (χ4v) is 1.13. The fourth-order valence-electron chi connectivity index (χ4n) is 1.13. The third-order valence-electron chi connectivity index (χ3n) is 2.15. The van der Waals surface area contributed by atoms with Crippen LogP contribution < -0.4 is 0 Å². The molecule has 0 unspecified atom stereocenters. The van der Waals surface area contributed by atoms with Crippen molar-refractivity contribution in [3.8, 4) is 0 Å². The number of esters is 1. The molecule has 6 nitrogen and oxygen atoms in total. The van der Waals surface area contributed by atoms with Gasteiger partial charge in [0.05, 0.1) is 52.9 Å². The zero-order valence-electron chi connectivity index (χ0n) is 12.6. The fraction of sp³-hybridized carbons (Fsp3) is 0.786. The number of carbonyl (C=O) groups is 1. The highest BCUT2D eigenvalue weighted by molar-refractivity contribution is 5.86. The number of carbonyl (C=O) groups excluding carboxylic acids is 1. The van der Waals surface area contributed by atoms with Gasteiger partial charge < -0.3 is 23.7 Å². The van der Waals surface area contributed by atoms with Crippen LogP contribution in [0.4, 0.5) is 4.39 Å². The Labute approximate surface area is 125 Å². The molecule has 0 atom stereocenters. The smallest absolute Gasteiger partial charge is 0.333 e. The van der Waals surface area contributed by atoms with Crippen molar-refractivity contribution in [3.63, 3.8) is 0 Å². The molecule has 0 amide bonds. The van der Waals surface area contributed by atoms with E-state index in [1.54, 1.807) is 6.92 Å². The lowest BCUT2D eigenvalue weighted by Crippen LogP contribution is -2.14. The third-order valence-corrected chi connectivity index (χ3v) is 2.15. The van der Waals surface area contributed by atoms with E-state index in [0.717, 1.165) is 0 Å². The molecule has 0 fully saturated rings. The van der Waals surface area contributed by atoms with Crippen molar-refractivity contribution < 1.29 is 32.9 Å². The maximum Gasteiger partial charge on any atom is 0.333 e. The Morgan fingerprint density at radius 1 is 0.810 bits per heavy atom. The van der Waals surface area contributed by atoms with Gasteiger partial charge in [-0.3, -0.25) is 0 Å². The standard InChI is InChI=1S/C14H25FO6/c1-13(2)14(16)21-12-11-20-10-9-19-8-7-18-6-5-17-4-3-15/h1,3-12H2,2H3. The van der Waals surface area contributed by atoms with E-state index in [2.05, 4.69) is 6.58 Å². The summed E-state index contributed by atoms with van der Waals surface area (Å²) in [7, 11) is 0. The first-order chi connectivity index (χ1) is 10.2. The van der Waals surface area contributed by atoms with Crippen LogP contribution in [0.2, 0.25) is 0 Å². The summed E-state index contributed by atoms with van der Waals surface area (Å²) >= 11 is 0. The Morgan fingerprint density at radius 2 is 1.19 bits per heavy atom. The molecular weight excluding hydrogens is 283 g/mol. The number of hydrogen-bond donors (Lipinski definition) is 0. The Kier molecular flexibility index (Phi) is 14.6. The Bertz CT molecular complexity index is 272. The second-order valence-electron chi connectivity index (χ2n) is 4.05. The van der Waals surface area contributed by atoms with Crippen LogP contribution in [0.5, 0.6) is 0 Å². The zero-order valence-corrected chi connectivity index (χ0v) is 12.6. The van der Waals surface area contributed by atoms with E-state index in [9.17, 15) is 9.18 Å². The van der Waals surface area contributed by atoms with Crippen LogP contribution in [0, 0.1) is 0 Å². The predicted molar refractivity (Wildman–Crippen MR) is 75.0 cm³/mol. The summed E-state index contributed by atoms with van der Waals surface area (Å²) in [5.74, 6) is -0.414. The Balaban J connectivity index is 3.06. The van der Waals surface area contributed by atoms with Gasteiger partial charge in [0.2, 0.25) is 0 Å². The lowest BCUT2D eigenvalue weighted by atomic mass is 10.4. The van der Waals surface area contributed by atoms with Crippen LogP contribution in [-0.2, 0) is 28.5 Å². The molecule has 0 radical (unpaired) electrons. The van der Waals surface area contributed by atoms with Gasteiger partial charge in [-0.2, -0.15) is 0 Å². The molecule has 7 heteroatoms. The van der Waals surface area contributed by atoms with Gasteiger partial charge >= 0.3 is 5.97 Å². The van der Waals surface area contributed by atoms with E-state index >= 15 is 0 Å². The van der Waals surface area contributed by atoms with E-state index in [0.29, 0.717) is 51.8 Å². The summed E-state index contributed by atoms with van der Waals surface area (Å²) in [4.78, 5) is 11.0. The molecule has 0 saturated heterocycles. The third kappa shape index (κ3) is 15.2. The molecule has 0 saturated carbocycles. The van der Waals surface area contributed by atoms with Gasteiger partial charge in [0, 0.05) is 5.57 Å². The van der Waals surface area contributed by atoms with Crippen LogP contribution in [0.3, 0.4) is 0 Å². The number of ether oxygens (including phenoxy) is 5. The summed E-state index contributed by atoms with van der Waals surface area (Å²) in [6.45, 7) is 7.80. The van der Waals surface area contributed by atoms with Crippen molar-refractivity contribution >= 4 is 5.97 Å². The minimum Gasteiger partial charge on any atom is -0.460 e. The normalized spacial score (nSPS) is 10.6. The summed E-state index contributed by atoms with van der Waals surface area (Å²) in [6, 6.07) is 0. The number of hydrogen-bond acceptors (Lipinski definition) is 6. The van der Waals surface area contributed by atoms with Crippen molar-refractivity contribution in [1.29, 1.82) is 0 Å². The van der Waals surface area contributed by atoms with E-state index in [1.165, 1.54) is 0 Å². The van der Waals surface area contributed by atoms with Crippen LogP contribution in [0.25, 0.3) is 0 Å². The highest BCUT2D eigenvalue weighted by Gasteiger charge is 2.01. The molecule has 0 heterocycles. The summed E-state index contributed by atoms with van der Waals surface area (Å²) < 4.78 is 37.1. The number of rotatable bonds is 15. The first-order valence-corrected chi connectivity index (χ1v) is 6.88.